The van der Waals surface area contributed by atoms with Crippen molar-refractivity contribution in [3.63, 3.8) is 0 Å². The monoisotopic (exact) mass is 640 g/mol. The zero-order valence-corrected chi connectivity index (χ0v) is 29.9. The van der Waals surface area contributed by atoms with E-state index in [4.69, 9.17) is 0 Å². The van der Waals surface area contributed by atoms with Crippen LogP contribution in [0.3, 0.4) is 0 Å². The third-order valence-electron chi connectivity index (χ3n) is 6.04. The van der Waals surface area contributed by atoms with E-state index >= 15 is 0 Å². The first-order valence-corrected chi connectivity index (χ1v) is 14.2. The summed E-state index contributed by atoms with van der Waals surface area (Å²) < 4.78 is 7.07. The Kier molecular flexibility index (Phi) is 15.6. The minimum Gasteiger partial charge on any atom is -0.319 e. The number of aryl methyl sites for hydroxylation is 15. The van der Waals surface area contributed by atoms with Crippen LogP contribution >= 0.6 is 0 Å². The highest BCUT2D eigenvalue weighted by molar-refractivity contribution is 5.02. The second kappa shape index (κ2) is 18.5. The van der Waals surface area contributed by atoms with Gasteiger partial charge in [-0.15, -0.1) is 25.5 Å². The Morgan fingerprint density at radius 1 is 0.370 bits per heavy atom. The molecular formula is C26H48N20. The molecule has 6 aromatic rings. The molecule has 0 unspecified atom stereocenters. The predicted molar refractivity (Wildman–Crippen MR) is 169 cm³/mol. The van der Waals surface area contributed by atoms with Gasteiger partial charge in [-0.3, -0.25) is 9.36 Å². The molecule has 0 radical (unpaired) electrons. The van der Waals surface area contributed by atoms with Crippen molar-refractivity contribution in [1.82, 2.24) is 99.7 Å². The smallest absolute Gasteiger partial charge is 0.171 e. The quantitative estimate of drug-likeness (QED) is 0.224. The van der Waals surface area contributed by atoms with Crippen molar-refractivity contribution in [2.45, 2.75) is 69.2 Å². The average Bonchev–Trinajstić information content (AvgIpc) is 3.80. The van der Waals surface area contributed by atoms with Crippen LogP contribution < -0.4 is 0 Å². The van der Waals surface area contributed by atoms with Crippen molar-refractivity contribution in [2.75, 3.05) is 0 Å². The topological polar surface area (TPSA) is 210 Å². The third kappa shape index (κ3) is 14.0. The highest BCUT2D eigenvalue weighted by Crippen LogP contribution is 1.95. The van der Waals surface area contributed by atoms with Crippen LogP contribution in [0.25, 0.3) is 0 Å². The van der Waals surface area contributed by atoms with Gasteiger partial charge in [-0.1, -0.05) is 0 Å². The molecule has 0 aliphatic rings. The SMILES string of the molecule is Cc1nc(C)n(C)n1.Cc1nc(C)n(C)n1.Cc1nn(C)nc1C.Cc1nnc(C)n1C.Cc1nnn(C)n1.Cc1nnnn1C. The van der Waals surface area contributed by atoms with Crippen LogP contribution in [-0.2, 0) is 42.3 Å². The lowest BCUT2D eigenvalue weighted by Gasteiger charge is -1.90. The molecule has 6 rings (SSSR count). The molecule has 46 heavy (non-hydrogen) atoms. The number of aromatic nitrogens is 20. The van der Waals surface area contributed by atoms with Gasteiger partial charge in [0.2, 0.25) is 0 Å². The first kappa shape index (κ1) is 38.7. The van der Waals surface area contributed by atoms with Crippen molar-refractivity contribution >= 4 is 0 Å². The molecular weight excluding hydrogens is 592 g/mol. The molecule has 252 valence electrons. The molecule has 0 spiro atoms. The summed E-state index contributed by atoms with van der Waals surface area (Å²) in [6, 6.07) is 0. The van der Waals surface area contributed by atoms with Crippen molar-refractivity contribution in [1.29, 1.82) is 0 Å². The first-order chi connectivity index (χ1) is 21.4. The zero-order chi connectivity index (χ0) is 35.1. The van der Waals surface area contributed by atoms with Crippen molar-refractivity contribution < 1.29 is 0 Å². The Hall–Kier alpha value is -5.30. The molecule has 6 aromatic heterocycles. The molecule has 0 amide bonds. The fourth-order valence-electron chi connectivity index (χ4n) is 3.00. The van der Waals surface area contributed by atoms with Crippen LogP contribution in [-0.4, -0.2) is 99.7 Å². The molecule has 0 aliphatic heterocycles. The molecule has 20 nitrogen and oxygen atoms in total. The third-order valence-corrected chi connectivity index (χ3v) is 6.04. The summed E-state index contributed by atoms with van der Waals surface area (Å²) in [5.74, 6) is 7.06. The van der Waals surface area contributed by atoms with Crippen LogP contribution in [0.1, 0.15) is 58.0 Å². The summed E-state index contributed by atoms with van der Waals surface area (Å²) in [5, 5.41) is 45.3. The Morgan fingerprint density at radius 3 is 0.935 bits per heavy atom. The van der Waals surface area contributed by atoms with Gasteiger partial charge in [-0.2, -0.15) is 30.0 Å². The lowest BCUT2D eigenvalue weighted by molar-refractivity contribution is 0.629. The van der Waals surface area contributed by atoms with E-state index in [0.717, 1.165) is 52.2 Å². The number of hydrogen-bond donors (Lipinski definition) is 0. The van der Waals surface area contributed by atoms with Crippen LogP contribution in [0.15, 0.2) is 0 Å². The molecule has 0 saturated heterocycles. The highest BCUT2D eigenvalue weighted by Gasteiger charge is 1.96. The van der Waals surface area contributed by atoms with Gasteiger partial charge in [0.05, 0.1) is 18.4 Å². The lowest BCUT2D eigenvalue weighted by atomic mass is 10.4. The van der Waals surface area contributed by atoms with E-state index in [0.29, 0.717) is 5.82 Å². The van der Waals surface area contributed by atoms with Crippen LogP contribution in [0.4, 0.5) is 0 Å². The maximum Gasteiger partial charge on any atom is 0.171 e. The van der Waals surface area contributed by atoms with Crippen molar-refractivity contribution in [3.8, 4) is 0 Å². The number of tetrazole rings is 2. The van der Waals surface area contributed by atoms with Crippen LogP contribution in [0.5, 0.6) is 0 Å². The van der Waals surface area contributed by atoms with Gasteiger partial charge in [0, 0.05) is 35.2 Å². The second-order valence-corrected chi connectivity index (χ2v) is 10.0. The fraction of sp³-hybridized carbons (Fsp3) is 0.615. The summed E-state index contributed by atoms with van der Waals surface area (Å²) >= 11 is 0. The summed E-state index contributed by atoms with van der Waals surface area (Å²) in [7, 11) is 11.1. The molecule has 0 atom stereocenters. The molecule has 6 heterocycles. The van der Waals surface area contributed by atoms with Crippen molar-refractivity contribution in [2.24, 2.45) is 42.3 Å². The summed E-state index contributed by atoms with van der Waals surface area (Å²) in [4.78, 5) is 11.1. The molecule has 0 fully saturated rings. The van der Waals surface area contributed by atoms with Crippen LogP contribution in [0, 0.1) is 69.2 Å². The molecule has 20 heteroatoms. The van der Waals surface area contributed by atoms with E-state index in [1.807, 2.05) is 95.1 Å². The normalized spacial score (nSPS) is 9.74. The average molecular weight is 641 g/mol. The Balaban J connectivity index is 0.000000276. The maximum atomic E-state index is 4.06. The van der Waals surface area contributed by atoms with E-state index in [-0.39, 0.29) is 0 Å². The minimum atomic E-state index is 0.711. The number of hydrogen-bond acceptors (Lipinski definition) is 14. The van der Waals surface area contributed by atoms with E-state index in [1.54, 1.807) is 39.9 Å². The predicted octanol–water partition coefficient (Wildman–Crippen LogP) is 0.765. The standard InChI is InChI=1S/4C5H9N3.2C3H6N4/c1-4-6-7-5(2)8(4)3;2*1-4-6-5(2)8(3)7-4;1-4-5(2)7-8(3)6-4;1-3-4-5-6-7(3)2;1-3-4-6-7(2)5-3/h4*1-3H3;2*1-2H3. The molecule has 0 aromatic carbocycles. The van der Waals surface area contributed by atoms with E-state index < -0.39 is 0 Å². The molecule has 0 bridgehead atoms. The Bertz CT molecular complexity index is 1510. The van der Waals surface area contributed by atoms with E-state index in [9.17, 15) is 0 Å². The second-order valence-electron chi connectivity index (χ2n) is 10.0. The van der Waals surface area contributed by atoms with Gasteiger partial charge in [0.15, 0.2) is 5.82 Å². The Labute approximate surface area is 269 Å². The lowest BCUT2D eigenvalue weighted by Crippen LogP contribution is -1.92. The maximum absolute atomic E-state index is 4.06. The first-order valence-electron chi connectivity index (χ1n) is 14.2. The molecule has 0 saturated carbocycles. The highest BCUT2D eigenvalue weighted by atomic mass is 15.6. The summed E-state index contributed by atoms with van der Waals surface area (Å²) in [6.45, 7) is 19.0. The zero-order valence-electron chi connectivity index (χ0n) is 29.9. The van der Waals surface area contributed by atoms with Gasteiger partial charge in [-0.25, -0.2) is 14.6 Å². The fourth-order valence-corrected chi connectivity index (χ4v) is 3.00. The Morgan fingerprint density at radius 2 is 0.826 bits per heavy atom. The van der Waals surface area contributed by atoms with Gasteiger partial charge < -0.3 is 4.57 Å². The largest absolute Gasteiger partial charge is 0.319 e. The van der Waals surface area contributed by atoms with Gasteiger partial charge in [-0.05, 0) is 84.9 Å². The van der Waals surface area contributed by atoms with E-state index in [2.05, 4.69) is 71.5 Å². The summed E-state index contributed by atoms with van der Waals surface area (Å²) in [6.07, 6.45) is 0. The van der Waals surface area contributed by atoms with E-state index in [1.165, 1.54) is 4.80 Å². The number of rotatable bonds is 0. The van der Waals surface area contributed by atoms with Gasteiger partial charge in [0.1, 0.15) is 40.8 Å². The van der Waals surface area contributed by atoms with Crippen LogP contribution in [0.2, 0.25) is 0 Å². The summed E-state index contributed by atoms with van der Waals surface area (Å²) in [5.41, 5.74) is 2.01. The van der Waals surface area contributed by atoms with Crippen molar-refractivity contribution in [3.05, 3.63) is 58.0 Å². The number of nitrogens with zero attached hydrogens (tertiary/aromatic N) is 20. The molecule has 0 aliphatic carbocycles. The van der Waals surface area contributed by atoms with Gasteiger partial charge in [0.25, 0.3) is 0 Å². The molecule has 0 N–H and O–H groups in total. The van der Waals surface area contributed by atoms with Gasteiger partial charge >= 0.3 is 0 Å². The minimum absolute atomic E-state index is 0.711.